The first-order chi connectivity index (χ1) is 31.6. The van der Waals surface area contributed by atoms with Crippen molar-refractivity contribution in [2.24, 2.45) is 0 Å². The number of carbonyl (C=O) groups excluding carboxylic acids is 4. The lowest BCUT2D eigenvalue weighted by molar-refractivity contribution is -0.112. The fourth-order valence-electron chi connectivity index (χ4n) is 8.03. The lowest BCUT2D eigenvalue weighted by Crippen LogP contribution is -2.42. The molecule has 354 valence electrons. The third kappa shape index (κ3) is 14.8. The monoisotopic (exact) mass is 1570 g/mol. The molecule has 4 aromatic rings. The number of benzene rings is 4. The van der Waals surface area contributed by atoms with Gasteiger partial charge in [-0.1, -0.05) is 196 Å². The Labute approximate surface area is 477 Å². The number of thioether (sulfide) groups is 2. The van der Waals surface area contributed by atoms with Crippen molar-refractivity contribution in [1.29, 1.82) is 0 Å². The Balaban J connectivity index is 0.000000164. The Morgan fingerprint density at radius 2 is 1.07 bits per heavy atom. The Bertz CT molecular complexity index is 2560. The average molecular weight is 1570 g/mol. The zero-order valence-corrected chi connectivity index (χ0v) is 50.9. The number of ketones is 4. The largest absolute Gasteiger partial charge is 0.488 e. The molecule has 0 aromatic heterocycles. The summed E-state index contributed by atoms with van der Waals surface area (Å²) < 4.78 is 14.9. The number of Topliss-reactive ketones (excluding diaryl/α,β-unsaturated/α-hetero) is 4. The number of hydrogen-bond acceptors (Lipinski definition) is 12. The Morgan fingerprint density at radius 1 is 0.657 bits per heavy atom. The molecular formula is C48H47BBrI5N2O8S2. The van der Waals surface area contributed by atoms with Crippen LogP contribution in [0.5, 0.6) is 0 Å². The van der Waals surface area contributed by atoms with Crippen molar-refractivity contribution in [3.05, 3.63) is 134 Å². The summed E-state index contributed by atoms with van der Waals surface area (Å²) in [5.41, 5.74) is 4.45. The lowest BCUT2D eigenvalue weighted by Gasteiger charge is -2.38. The van der Waals surface area contributed by atoms with E-state index in [1.54, 1.807) is 42.5 Å². The predicted octanol–water partition coefficient (Wildman–Crippen LogP) is 10.9. The van der Waals surface area contributed by atoms with Gasteiger partial charge in [-0.25, -0.2) is 0 Å². The molecule has 0 bridgehead atoms. The van der Waals surface area contributed by atoms with Gasteiger partial charge in [-0.15, -0.1) is 23.5 Å². The van der Waals surface area contributed by atoms with Gasteiger partial charge in [0.1, 0.15) is 32.0 Å². The Hall–Kier alpha value is -0.625. The molecule has 4 aromatic carbocycles. The van der Waals surface area contributed by atoms with Crippen molar-refractivity contribution < 1.29 is 38.7 Å². The molecule has 0 amide bonds. The van der Waals surface area contributed by atoms with Gasteiger partial charge >= 0.3 is 7.12 Å². The van der Waals surface area contributed by atoms with E-state index in [2.05, 4.69) is 167 Å². The first-order valence-corrected chi connectivity index (χ1v) is 29.5. The van der Waals surface area contributed by atoms with Crippen LogP contribution in [0.1, 0.15) is 58.5 Å². The van der Waals surface area contributed by atoms with Gasteiger partial charge in [0.15, 0.2) is 0 Å². The van der Waals surface area contributed by atoms with E-state index in [1.807, 2.05) is 54.6 Å². The Morgan fingerprint density at radius 3 is 1.48 bits per heavy atom. The molecule has 2 atom stereocenters. The maximum absolute atomic E-state index is 12.6. The number of alkyl halides is 5. The Kier molecular flexibility index (Phi) is 20.3. The van der Waals surface area contributed by atoms with Crippen LogP contribution in [0.2, 0.25) is 0 Å². The van der Waals surface area contributed by atoms with Gasteiger partial charge < -0.3 is 29.3 Å². The quantitative estimate of drug-likeness (QED) is 0.0857. The number of halogens is 6. The van der Waals surface area contributed by atoms with E-state index in [-0.39, 0.29) is 11.2 Å². The smallest absolute Gasteiger partial charge is 0.483 e. The maximum atomic E-state index is 12.6. The molecule has 67 heavy (non-hydrogen) atoms. The van der Waals surface area contributed by atoms with Crippen molar-refractivity contribution in [3.8, 4) is 11.1 Å². The summed E-state index contributed by atoms with van der Waals surface area (Å²) in [6.07, 6.45) is 1.88. The van der Waals surface area contributed by atoms with Gasteiger partial charge in [-0.05, 0) is 74.9 Å². The second kappa shape index (κ2) is 24.4. The SMILES string of the molecule is CC(I)(I)I.CC(I)I.CN1CCC2(CSC3=C(O2)c2cc(-c4ccccc4)ccc2C(=O)C3=O)C1.CN1CCC2(CSC3=C(O2)c2cc(Br)ccc2C(=O)C3=O)C1.OB(O)c1ccccc1. The highest BCUT2D eigenvalue weighted by Gasteiger charge is 2.49. The van der Waals surface area contributed by atoms with E-state index in [0.717, 1.165) is 73.4 Å². The minimum Gasteiger partial charge on any atom is -0.483 e. The highest BCUT2D eigenvalue weighted by molar-refractivity contribution is 14.3. The van der Waals surface area contributed by atoms with Crippen LogP contribution in [0.3, 0.4) is 0 Å². The van der Waals surface area contributed by atoms with Gasteiger partial charge in [-0.3, -0.25) is 19.2 Å². The second-order valence-electron chi connectivity index (χ2n) is 16.7. The molecule has 2 spiro atoms. The maximum Gasteiger partial charge on any atom is 0.488 e. The summed E-state index contributed by atoms with van der Waals surface area (Å²) in [6.45, 7) is 7.94. The zero-order chi connectivity index (χ0) is 48.8. The van der Waals surface area contributed by atoms with Crippen molar-refractivity contribution in [3.63, 3.8) is 0 Å². The number of fused-ring (bicyclic) bond motifs is 4. The number of nitrogens with zero attached hydrogens (tertiary/aromatic N) is 2. The van der Waals surface area contributed by atoms with Crippen molar-refractivity contribution in [2.45, 2.75) is 39.3 Å². The van der Waals surface area contributed by atoms with E-state index >= 15 is 0 Å². The number of hydrogen-bond donors (Lipinski definition) is 2. The number of ether oxygens (including phenoxy) is 2. The number of rotatable bonds is 2. The van der Waals surface area contributed by atoms with E-state index in [9.17, 15) is 19.2 Å². The van der Waals surface area contributed by atoms with E-state index in [1.165, 1.54) is 23.5 Å². The molecule has 2 fully saturated rings. The molecule has 0 saturated carbocycles. The molecule has 2 aliphatic carbocycles. The number of likely N-dealkylation sites (tertiary alicyclic amines) is 2. The highest BCUT2D eigenvalue weighted by atomic mass is 127. The molecule has 0 radical (unpaired) electrons. The average Bonchev–Trinajstić information content (AvgIpc) is 3.84. The molecular weight excluding hydrogens is 1520 g/mol. The van der Waals surface area contributed by atoms with Crippen LogP contribution in [0.15, 0.2) is 111 Å². The summed E-state index contributed by atoms with van der Waals surface area (Å²) in [5.74, 6) is 0.885. The van der Waals surface area contributed by atoms with Crippen LogP contribution >= 0.6 is 152 Å². The standard InChI is InChI=1S/C22H19NO3S.C16H14BrNO3S.C6H7BO2.C2H3I3.C2H4I2/c1-23-10-9-22(12-23)13-27-21-19(25)18(24)16-8-7-15(11-17(16)20(21)26-22)14-5-3-2-4-6-14;1-18-5-4-16(7-18)8-22-15-13(20)12(19)10-3-2-9(17)6-11(10)14(15)21-16;8-7(9)6-4-2-1-3-5-6;1-2(3,4)5;1-2(3)4/h2-8,11H,9-10,12-13H2,1H3;2-3,6H,4-5,7-8H2,1H3;1-5,8-9H;1H3;2H,1H3. The molecule has 6 aliphatic rings. The third-order valence-corrected chi connectivity index (χ3v) is 14.2. The van der Waals surface area contributed by atoms with E-state index in [0.29, 0.717) is 43.1 Å². The lowest BCUT2D eigenvalue weighted by atomic mass is 9.81. The predicted molar refractivity (Wildman–Crippen MR) is 320 cm³/mol. The van der Waals surface area contributed by atoms with Gasteiger partial charge in [0, 0.05) is 77.3 Å². The van der Waals surface area contributed by atoms with Crippen LogP contribution in [-0.2, 0) is 19.1 Å². The van der Waals surface area contributed by atoms with Crippen LogP contribution in [0.25, 0.3) is 22.6 Å². The van der Waals surface area contributed by atoms with Crippen molar-refractivity contribution in [2.75, 3.05) is 51.8 Å². The number of carbonyl (C=O) groups is 4. The molecule has 4 aliphatic heterocycles. The second-order valence-corrected chi connectivity index (χ2v) is 38.3. The van der Waals surface area contributed by atoms with Crippen LogP contribution < -0.4 is 5.46 Å². The minimum atomic E-state index is -1.34. The van der Waals surface area contributed by atoms with Crippen molar-refractivity contribution >= 4 is 200 Å². The summed E-state index contributed by atoms with van der Waals surface area (Å²) >= 11 is 18.1. The number of likely N-dealkylation sites (N-methyl/N-ethyl adjacent to an activating group) is 2. The molecule has 4 heterocycles. The zero-order valence-electron chi connectivity index (χ0n) is 36.9. The third-order valence-electron chi connectivity index (χ3n) is 11.0. The molecule has 10 rings (SSSR count). The summed E-state index contributed by atoms with van der Waals surface area (Å²) in [5, 5.41) is 17.2. The fraction of sp³-hybridized carbons (Fsp3) is 0.333. The first-order valence-electron chi connectivity index (χ1n) is 21.0. The van der Waals surface area contributed by atoms with E-state index in [4.69, 9.17) is 19.5 Å². The normalized spacial score (nSPS) is 21.8. The first kappa shape index (κ1) is 55.7. The van der Waals surface area contributed by atoms with Gasteiger partial charge in [0.05, 0.1) is 1.93 Å². The molecule has 2 saturated heterocycles. The van der Waals surface area contributed by atoms with Crippen molar-refractivity contribution in [1.82, 2.24) is 9.80 Å². The number of allylic oxidation sites excluding steroid dienone is 2. The molecule has 10 nitrogen and oxygen atoms in total. The fourth-order valence-corrected chi connectivity index (χ4v) is 10.8. The minimum absolute atomic E-state index is 0.251. The van der Waals surface area contributed by atoms with E-state index < -0.39 is 30.3 Å². The highest BCUT2D eigenvalue weighted by Crippen LogP contribution is 2.49. The van der Waals surface area contributed by atoms with Crippen LogP contribution in [0, 0.1) is 0 Å². The summed E-state index contributed by atoms with van der Waals surface area (Å²) in [7, 11) is 2.82. The van der Waals surface area contributed by atoms with Gasteiger partial charge in [0.25, 0.3) is 0 Å². The summed E-state index contributed by atoms with van der Waals surface area (Å²) in [4.78, 5) is 55.3. The molecule has 2 N–H and O–H groups in total. The van der Waals surface area contributed by atoms with Crippen LogP contribution in [0.4, 0.5) is 0 Å². The molecule has 19 heteroatoms. The molecule has 2 unspecified atom stereocenters. The van der Waals surface area contributed by atoms with Crippen LogP contribution in [-0.4, -0.2) is 114 Å². The van der Waals surface area contributed by atoms with Gasteiger partial charge in [0.2, 0.25) is 23.1 Å². The topological polar surface area (TPSA) is 134 Å². The van der Waals surface area contributed by atoms with Gasteiger partial charge in [-0.2, -0.15) is 0 Å². The summed E-state index contributed by atoms with van der Waals surface area (Å²) in [6, 6.07) is 29.7.